The zero-order valence-corrected chi connectivity index (χ0v) is 17.7. The molecule has 1 heterocycles. The molecular formula is C20H38N4O3. The van der Waals surface area contributed by atoms with Gasteiger partial charge in [0.15, 0.2) is 5.96 Å². The van der Waals surface area contributed by atoms with E-state index < -0.39 is 0 Å². The molecule has 0 radical (unpaired) electrons. The molecule has 1 aliphatic carbocycles. The number of carbonyl (C=O) groups is 1. The molecule has 156 valence electrons. The average Bonchev–Trinajstić information content (AvgIpc) is 3.16. The quantitative estimate of drug-likeness (QED) is 0.468. The van der Waals surface area contributed by atoms with Crippen LogP contribution in [0.5, 0.6) is 0 Å². The molecule has 2 aliphatic rings. The number of hydrogen-bond acceptors (Lipinski definition) is 4. The zero-order chi connectivity index (χ0) is 19.9. The van der Waals surface area contributed by atoms with E-state index in [1.165, 1.54) is 0 Å². The van der Waals surface area contributed by atoms with Crippen molar-refractivity contribution in [1.82, 2.24) is 15.5 Å². The number of nitrogens with zero attached hydrogens (tertiary/aromatic N) is 2. The molecular weight excluding hydrogens is 344 g/mol. The first-order valence-corrected chi connectivity index (χ1v) is 10.4. The van der Waals surface area contributed by atoms with Crippen LogP contribution in [0.4, 0.5) is 0 Å². The van der Waals surface area contributed by atoms with Gasteiger partial charge in [-0.1, -0.05) is 13.8 Å². The highest BCUT2D eigenvalue weighted by Gasteiger charge is 2.53. The van der Waals surface area contributed by atoms with Gasteiger partial charge in [-0.15, -0.1) is 0 Å². The van der Waals surface area contributed by atoms with Crippen LogP contribution in [-0.4, -0.2) is 75.9 Å². The van der Waals surface area contributed by atoms with Crippen molar-refractivity contribution in [2.24, 2.45) is 16.3 Å². The largest absolute Gasteiger partial charge is 0.381 e. The van der Waals surface area contributed by atoms with Gasteiger partial charge in [0.25, 0.3) is 0 Å². The van der Waals surface area contributed by atoms with E-state index in [0.29, 0.717) is 18.1 Å². The maximum atomic E-state index is 12.0. The average molecular weight is 383 g/mol. The standard InChI is InChI=1S/C20H38N4O3/c1-6-20(7-2)16(11-17(20)27-8-3)23-19(22-13-18(25)24(4)5)21-12-15-9-10-26-14-15/h15-17H,6-14H2,1-5H3,(H2,21,22,23). The molecule has 7 heteroatoms. The van der Waals surface area contributed by atoms with Gasteiger partial charge in [0.2, 0.25) is 5.91 Å². The van der Waals surface area contributed by atoms with Gasteiger partial charge in [0.05, 0.1) is 12.7 Å². The van der Waals surface area contributed by atoms with Crippen LogP contribution in [0.25, 0.3) is 0 Å². The summed E-state index contributed by atoms with van der Waals surface area (Å²) in [5, 5.41) is 7.04. The van der Waals surface area contributed by atoms with Gasteiger partial charge in [-0.25, -0.2) is 4.99 Å². The van der Waals surface area contributed by atoms with Crippen molar-refractivity contribution in [1.29, 1.82) is 0 Å². The number of aliphatic imine (C=N–C) groups is 1. The van der Waals surface area contributed by atoms with Crippen LogP contribution in [0, 0.1) is 11.3 Å². The van der Waals surface area contributed by atoms with Gasteiger partial charge in [-0.3, -0.25) is 4.79 Å². The fourth-order valence-corrected chi connectivity index (χ4v) is 4.17. The SMILES string of the molecule is CCOC1CC(NC(=NCC(=O)N(C)C)NCC2CCOC2)C1(CC)CC. The third kappa shape index (κ3) is 5.35. The van der Waals surface area contributed by atoms with E-state index in [0.717, 1.165) is 58.0 Å². The molecule has 3 atom stereocenters. The molecule has 1 saturated heterocycles. The van der Waals surface area contributed by atoms with Gasteiger partial charge >= 0.3 is 0 Å². The number of rotatable bonds is 9. The number of likely N-dealkylation sites (N-methyl/N-ethyl adjacent to an activating group) is 1. The molecule has 3 unspecified atom stereocenters. The fourth-order valence-electron chi connectivity index (χ4n) is 4.17. The van der Waals surface area contributed by atoms with Crippen LogP contribution in [0.15, 0.2) is 4.99 Å². The number of ether oxygens (including phenoxy) is 2. The summed E-state index contributed by atoms with van der Waals surface area (Å²) in [7, 11) is 3.51. The molecule has 0 aromatic heterocycles. The minimum absolute atomic E-state index is 0.00153. The molecule has 1 aliphatic heterocycles. The van der Waals surface area contributed by atoms with Gasteiger partial charge in [-0.05, 0) is 32.6 Å². The van der Waals surface area contributed by atoms with Crippen LogP contribution in [0.1, 0.15) is 46.5 Å². The van der Waals surface area contributed by atoms with Gasteiger partial charge in [0.1, 0.15) is 6.54 Å². The van der Waals surface area contributed by atoms with E-state index in [9.17, 15) is 4.79 Å². The lowest BCUT2D eigenvalue weighted by Crippen LogP contribution is -2.65. The van der Waals surface area contributed by atoms with Crippen molar-refractivity contribution in [3.8, 4) is 0 Å². The molecule has 7 nitrogen and oxygen atoms in total. The highest BCUT2D eigenvalue weighted by molar-refractivity contribution is 5.85. The predicted molar refractivity (Wildman–Crippen MR) is 108 cm³/mol. The number of hydrogen-bond donors (Lipinski definition) is 2. The summed E-state index contributed by atoms with van der Waals surface area (Å²) in [6.07, 6.45) is 4.46. The Balaban J connectivity index is 2.03. The topological polar surface area (TPSA) is 75.2 Å². The lowest BCUT2D eigenvalue weighted by molar-refractivity contribution is -0.133. The van der Waals surface area contributed by atoms with E-state index in [4.69, 9.17) is 9.47 Å². The summed E-state index contributed by atoms with van der Waals surface area (Å²) in [4.78, 5) is 18.1. The third-order valence-electron chi connectivity index (χ3n) is 6.23. The minimum atomic E-state index is -0.00153. The van der Waals surface area contributed by atoms with Crippen molar-refractivity contribution in [3.63, 3.8) is 0 Å². The summed E-state index contributed by atoms with van der Waals surface area (Å²) >= 11 is 0. The number of carbonyl (C=O) groups excluding carboxylic acids is 1. The van der Waals surface area contributed by atoms with Gasteiger partial charge < -0.3 is 25.0 Å². The maximum absolute atomic E-state index is 12.0. The summed E-state index contributed by atoms with van der Waals surface area (Å²) in [5.74, 6) is 1.22. The molecule has 0 spiro atoms. The number of guanidine groups is 1. The zero-order valence-electron chi connectivity index (χ0n) is 17.7. The summed E-state index contributed by atoms with van der Waals surface area (Å²) in [6.45, 7) is 9.86. The first-order valence-electron chi connectivity index (χ1n) is 10.4. The Hall–Kier alpha value is -1.34. The smallest absolute Gasteiger partial charge is 0.243 e. The van der Waals surface area contributed by atoms with E-state index in [2.05, 4.69) is 36.4 Å². The Morgan fingerprint density at radius 3 is 2.59 bits per heavy atom. The van der Waals surface area contributed by atoms with E-state index in [1.807, 2.05) is 0 Å². The second-order valence-electron chi connectivity index (χ2n) is 7.88. The molecule has 1 saturated carbocycles. The molecule has 27 heavy (non-hydrogen) atoms. The molecule has 0 bridgehead atoms. The molecule has 2 fully saturated rings. The van der Waals surface area contributed by atoms with Gasteiger partial charge in [-0.2, -0.15) is 0 Å². The van der Waals surface area contributed by atoms with E-state index in [1.54, 1.807) is 19.0 Å². The van der Waals surface area contributed by atoms with Crippen molar-refractivity contribution in [2.75, 3.05) is 47.0 Å². The predicted octanol–water partition coefficient (Wildman–Crippen LogP) is 1.63. The number of nitrogens with one attached hydrogen (secondary N) is 2. The number of amides is 1. The van der Waals surface area contributed by atoms with Crippen LogP contribution in [0.3, 0.4) is 0 Å². The summed E-state index contributed by atoms with van der Waals surface area (Å²) < 4.78 is 11.4. The van der Waals surface area contributed by atoms with Crippen LogP contribution in [0.2, 0.25) is 0 Å². The third-order valence-corrected chi connectivity index (χ3v) is 6.23. The lowest BCUT2D eigenvalue weighted by atomic mass is 9.58. The van der Waals surface area contributed by atoms with Crippen LogP contribution in [-0.2, 0) is 14.3 Å². The second-order valence-corrected chi connectivity index (χ2v) is 7.88. The van der Waals surface area contributed by atoms with Gasteiger partial charge in [0, 0.05) is 51.2 Å². The van der Waals surface area contributed by atoms with Crippen LogP contribution < -0.4 is 10.6 Å². The Morgan fingerprint density at radius 1 is 1.30 bits per heavy atom. The van der Waals surface area contributed by atoms with Crippen molar-refractivity contribution in [3.05, 3.63) is 0 Å². The lowest BCUT2D eigenvalue weighted by Gasteiger charge is -2.55. The second kappa shape index (κ2) is 10.3. The molecule has 2 rings (SSSR count). The Labute approximate surface area is 164 Å². The van der Waals surface area contributed by atoms with E-state index >= 15 is 0 Å². The first-order chi connectivity index (χ1) is 13.0. The Morgan fingerprint density at radius 2 is 2.04 bits per heavy atom. The minimum Gasteiger partial charge on any atom is -0.381 e. The van der Waals surface area contributed by atoms with E-state index in [-0.39, 0.29) is 17.9 Å². The first kappa shape index (κ1) is 22.0. The monoisotopic (exact) mass is 382 g/mol. The molecule has 0 aromatic carbocycles. The highest BCUT2D eigenvalue weighted by atomic mass is 16.5. The fraction of sp³-hybridized carbons (Fsp3) is 0.900. The van der Waals surface area contributed by atoms with Crippen LogP contribution >= 0.6 is 0 Å². The van der Waals surface area contributed by atoms with Crippen molar-refractivity contribution >= 4 is 11.9 Å². The normalized spacial score (nSPS) is 27.1. The molecule has 1 amide bonds. The molecule has 0 aromatic rings. The van der Waals surface area contributed by atoms with Crippen molar-refractivity contribution < 1.29 is 14.3 Å². The summed E-state index contributed by atoms with van der Waals surface area (Å²) in [5.41, 5.74) is 0.125. The van der Waals surface area contributed by atoms with Crippen molar-refractivity contribution in [2.45, 2.75) is 58.6 Å². The Bertz CT molecular complexity index is 499. The maximum Gasteiger partial charge on any atom is 0.243 e. The highest BCUT2D eigenvalue weighted by Crippen LogP contribution is 2.48. The summed E-state index contributed by atoms with van der Waals surface area (Å²) in [6, 6.07) is 0.310. The Kier molecular flexibility index (Phi) is 8.35. The molecule has 2 N–H and O–H groups in total.